The van der Waals surface area contributed by atoms with E-state index in [1.165, 1.54) is 12.8 Å². The van der Waals surface area contributed by atoms with Crippen molar-refractivity contribution in [3.05, 3.63) is 22.7 Å². The Morgan fingerprint density at radius 1 is 1.35 bits per heavy atom. The highest BCUT2D eigenvalue weighted by atomic mass is 35.5. The zero-order valence-electron chi connectivity index (χ0n) is 11.1. The van der Waals surface area contributed by atoms with Gasteiger partial charge in [-0.05, 0) is 31.4 Å². The minimum Gasteiger partial charge on any atom is -0.495 e. The van der Waals surface area contributed by atoms with Crippen LogP contribution in [0.5, 0.6) is 5.75 Å². The van der Waals surface area contributed by atoms with Crippen LogP contribution in [0.15, 0.2) is 12.1 Å². The number of hydrogen-bond donors (Lipinski definition) is 1. The first-order valence-corrected chi connectivity index (χ1v) is 6.60. The molecule has 1 unspecified atom stereocenters. The maximum atomic E-state index is 6.09. The van der Waals surface area contributed by atoms with Crippen LogP contribution in [0.1, 0.15) is 38.7 Å². The lowest BCUT2D eigenvalue weighted by Crippen LogP contribution is -2.18. The van der Waals surface area contributed by atoms with Gasteiger partial charge in [-0.3, -0.25) is 0 Å². The molecule has 17 heavy (non-hydrogen) atoms. The minimum absolute atomic E-state index is 0.495. The second-order valence-corrected chi connectivity index (χ2v) is 4.75. The molecule has 0 saturated heterocycles. The molecule has 0 aliphatic heterocycles. The molecule has 0 aromatic heterocycles. The number of ether oxygens (including phenoxy) is 1. The fraction of sp³-hybridized carbons (Fsp3) is 0.571. The third-order valence-electron chi connectivity index (χ3n) is 2.97. The van der Waals surface area contributed by atoms with Gasteiger partial charge in [0.1, 0.15) is 5.75 Å². The fourth-order valence-corrected chi connectivity index (χ4v) is 2.05. The van der Waals surface area contributed by atoms with Crippen molar-refractivity contribution < 1.29 is 4.74 Å². The number of nitrogens with one attached hydrogen (secondary N) is 1. The number of aryl methyl sites for hydroxylation is 1. The molecule has 0 aliphatic carbocycles. The first-order valence-electron chi connectivity index (χ1n) is 6.23. The second-order valence-electron chi connectivity index (χ2n) is 4.34. The van der Waals surface area contributed by atoms with Gasteiger partial charge in [-0.25, -0.2) is 0 Å². The molecule has 0 aliphatic rings. The molecule has 0 bridgehead atoms. The van der Waals surface area contributed by atoms with Crippen molar-refractivity contribution in [1.29, 1.82) is 0 Å². The Bertz CT molecular complexity index is 365. The molecule has 0 saturated carbocycles. The van der Waals surface area contributed by atoms with E-state index >= 15 is 0 Å². The first kappa shape index (κ1) is 14.2. The van der Waals surface area contributed by atoms with Gasteiger partial charge in [0.25, 0.3) is 0 Å². The lowest BCUT2D eigenvalue weighted by molar-refractivity contribution is 0.415. The van der Waals surface area contributed by atoms with E-state index in [0.29, 0.717) is 6.04 Å². The number of hydrogen-bond acceptors (Lipinski definition) is 2. The molecule has 1 aromatic rings. The number of methoxy groups -OCH3 is 1. The van der Waals surface area contributed by atoms with Gasteiger partial charge in [0.15, 0.2) is 0 Å². The highest BCUT2D eigenvalue weighted by molar-refractivity contribution is 6.31. The van der Waals surface area contributed by atoms with E-state index in [1.807, 2.05) is 13.0 Å². The summed E-state index contributed by atoms with van der Waals surface area (Å²) in [7, 11) is 1.67. The van der Waals surface area contributed by atoms with E-state index in [-0.39, 0.29) is 0 Å². The van der Waals surface area contributed by atoms with Crippen LogP contribution in [0.3, 0.4) is 0 Å². The molecule has 3 heteroatoms. The Morgan fingerprint density at radius 2 is 2.06 bits per heavy atom. The van der Waals surface area contributed by atoms with Gasteiger partial charge in [-0.1, -0.05) is 31.9 Å². The summed E-state index contributed by atoms with van der Waals surface area (Å²) in [4.78, 5) is 0. The van der Waals surface area contributed by atoms with Crippen LogP contribution < -0.4 is 10.1 Å². The molecule has 0 fully saturated rings. The minimum atomic E-state index is 0.495. The predicted octanol–water partition coefficient (Wildman–Crippen LogP) is 4.65. The molecule has 0 amide bonds. The monoisotopic (exact) mass is 255 g/mol. The Morgan fingerprint density at radius 3 is 2.59 bits per heavy atom. The molecule has 96 valence electrons. The number of benzene rings is 1. The van der Waals surface area contributed by atoms with E-state index in [0.717, 1.165) is 28.4 Å². The summed E-state index contributed by atoms with van der Waals surface area (Å²) in [5.41, 5.74) is 2.11. The van der Waals surface area contributed by atoms with Crippen molar-refractivity contribution in [2.75, 3.05) is 12.4 Å². The molecule has 1 aromatic carbocycles. The molecule has 0 radical (unpaired) electrons. The topological polar surface area (TPSA) is 21.3 Å². The fourth-order valence-electron chi connectivity index (χ4n) is 1.89. The first-order chi connectivity index (χ1) is 8.12. The van der Waals surface area contributed by atoms with Gasteiger partial charge in [0.05, 0.1) is 12.8 Å². The Labute approximate surface area is 109 Å². The second kappa shape index (κ2) is 6.75. The molecule has 1 rings (SSSR count). The zero-order valence-corrected chi connectivity index (χ0v) is 11.9. The average molecular weight is 256 g/mol. The highest BCUT2D eigenvalue weighted by Crippen LogP contribution is 2.31. The quantitative estimate of drug-likeness (QED) is 0.799. The Balaban J connectivity index is 2.91. The van der Waals surface area contributed by atoms with Crippen LogP contribution in [-0.2, 0) is 0 Å². The van der Waals surface area contributed by atoms with Gasteiger partial charge in [-0.2, -0.15) is 0 Å². The molecule has 0 heterocycles. The number of anilines is 1. The smallest absolute Gasteiger partial charge is 0.143 e. The lowest BCUT2D eigenvalue weighted by Gasteiger charge is -2.20. The summed E-state index contributed by atoms with van der Waals surface area (Å²) in [5.74, 6) is 0.815. The normalized spacial score (nSPS) is 12.3. The van der Waals surface area contributed by atoms with Crippen LogP contribution in [0, 0.1) is 6.92 Å². The average Bonchev–Trinajstić information content (AvgIpc) is 2.32. The summed E-state index contributed by atoms with van der Waals surface area (Å²) in [6.45, 7) is 6.41. The maximum absolute atomic E-state index is 6.09. The van der Waals surface area contributed by atoms with Crippen molar-refractivity contribution in [1.82, 2.24) is 0 Å². The number of halogens is 1. The maximum Gasteiger partial charge on any atom is 0.143 e. The molecule has 1 atom stereocenters. The van der Waals surface area contributed by atoms with Crippen LogP contribution >= 0.6 is 11.6 Å². The van der Waals surface area contributed by atoms with Crippen LogP contribution in [0.25, 0.3) is 0 Å². The van der Waals surface area contributed by atoms with Gasteiger partial charge >= 0.3 is 0 Å². The predicted molar refractivity (Wildman–Crippen MR) is 75.4 cm³/mol. The summed E-state index contributed by atoms with van der Waals surface area (Å²) in [6.07, 6.45) is 3.46. The molecule has 1 N–H and O–H groups in total. The summed E-state index contributed by atoms with van der Waals surface area (Å²) < 4.78 is 5.36. The molecular weight excluding hydrogens is 234 g/mol. The summed E-state index contributed by atoms with van der Waals surface area (Å²) in [5, 5.41) is 4.28. The van der Waals surface area contributed by atoms with Gasteiger partial charge in [-0.15, -0.1) is 0 Å². The third kappa shape index (κ3) is 3.81. The zero-order chi connectivity index (χ0) is 12.8. The van der Waals surface area contributed by atoms with Crippen molar-refractivity contribution in [3.63, 3.8) is 0 Å². The SMILES string of the molecule is CCCC(CC)Nc1cc(C)c(Cl)cc1OC. The molecule has 2 nitrogen and oxygen atoms in total. The summed E-state index contributed by atoms with van der Waals surface area (Å²) >= 11 is 6.09. The van der Waals surface area contributed by atoms with Crippen molar-refractivity contribution >= 4 is 17.3 Å². The van der Waals surface area contributed by atoms with E-state index < -0.39 is 0 Å². The lowest BCUT2D eigenvalue weighted by atomic mass is 10.1. The van der Waals surface area contributed by atoms with Crippen molar-refractivity contribution in [2.24, 2.45) is 0 Å². The van der Waals surface area contributed by atoms with E-state index in [4.69, 9.17) is 16.3 Å². The standard InChI is InChI=1S/C14H22ClNO/c1-5-7-11(6-2)16-13-8-10(3)12(15)9-14(13)17-4/h8-9,11,16H,5-7H2,1-4H3. The molecular formula is C14H22ClNO. The highest BCUT2D eigenvalue weighted by Gasteiger charge is 2.11. The third-order valence-corrected chi connectivity index (χ3v) is 3.38. The van der Waals surface area contributed by atoms with Crippen LogP contribution in [0.4, 0.5) is 5.69 Å². The number of rotatable bonds is 6. The Hall–Kier alpha value is -0.890. The van der Waals surface area contributed by atoms with E-state index in [2.05, 4.69) is 25.2 Å². The van der Waals surface area contributed by atoms with Crippen LogP contribution in [0.2, 0.25) is 5.02 Å². The largest absolute Gasteiger partial charge is 0.495 e. The van der Waals surface area contributed by atoms with E-state index in [1.54, 1.807) is 7.11 Å². The van der Waals surface area contributed by atoms with E-state index in [9.17, 15) is 0 Å². The Kier molecular flexibility index (Phi) is 5.63. The van der Waals surface area contributed by atoms with Crippen molar-refractivity contribution in [3.8, 4) is 5.75 Å². The van der Waals surface area contributed by atoms with Crippen LogP contribution in [-0.4, -0.2) is 13.2 Å². The van der Waals surface area contributed by atoms with Gasteiger partial charge < -0.3 is 10.1 Å². The summed E-state index contributed by atoms with van der Waals surface area (Å²) in [6, 6.07) is 4.42. The van der Waals surface area contributed by atoms with Gasteiger partial charge in [0.2, 0.25) is 0 Å². The van der Waals surface area contributed by atoms with Crippen molar-refractivity contribution in [2.45, 2.75) is 46.1 Å². The van der Waals surface area contributed by atoms with Gasteiger partial charge in [0, 0.05) is 17.1 Å². The molecule has 0 spiro atoms.